The van der Waals surface area contributed by atoms with Crippen LogP contribution < -0.4 is 20.9 Å². The number of nitrogens with one attached hydrogen (secondary N) is 3. The largest absolute Gasteiger partial charge is 0.478 e. The van der Waals surface area contributed by atoms with E-state index in [0.717, 1.165) is 0 Å². The Balaban J connectivity index is 1.80. The van der Waals surface area contributed by atoms with Crippen LogP contribution in [0.15, 0.2) is 47.1 Å². The summed E-state index contributed by atoms with van der Waals surface area (Å²) in [6, 6.07) is 9.77. The summed E-state index contributed by atoms with van der Waals surface area (Å²) in [4.78, 5) is 35.6. The monoisotopic (exact) mass is 379 g/mol. The maximum Gasteiger partial charge on any atom is 0.327 e. The van der Waals surface area contributed by atoms with Crippen molar-refractivity contribution in [3.63, 3.8) is 0 Å². The molecule has 0 saturated heterocycles. The molecule has 2 rings (SSSR count). The maximum absolute atomic E-state index is 12.2. The lowest BCUT2D eigenvalue weighted by atomic mass is 10.1. The molecule has 0 aliphatic rings. The molecule has 1 heterocycles. The topological polar surface area (TPSA) is 110 Å². The molecule has 0 spiro atoms. The first-order valence-corrected chi connectivity index (χ1v) is 8.01. The molecule has 0 aliphatic carbocycles. The van der Waals surface area contributed by atoms with Crippen LogP contribution in [0.3, 0.4) is 0 Å². The lowest BCUT2D eigenvalue weighted by molar-refractivity contribution is -0.143. The van der Waals surface area contributed by atoms with Gasteiger partial charge in [-0.1, -0.05) is 11.6 Å². The molecule has 2 aromatic rings. The Kier molecular flexibility index (Phi) is 6.24. The highest BCUT2D eigenvalue weighted by Crippen LogP contribution is 2.20. The molecule has 0 aliphatic heterocycles. The summed E-state index contributed by atoms with van der Waals surface area (Å²) in [5, 5.41) is 2.89. The van der Waals surface area contributed by atoms with Crippen LogP contribution in [-0.4, -0.2) is 23.3 Å². The number of carbonyl (C=O) groups excluding carboxylic acids is 3. The van der Waals surface area contributed by atoms with Gasteiger partial charge in [0, 0.05) is 5.02 Å². The molecule has 1 aromatic heterocycles. The first-order valence-electron chi connectivity index (χ1n) is 7.63. The quantitative estimate of drug-likeness (QED) is 0.539. The van der Waals surface area contributed by atoms with Gasteiger partial charge in [0.25, 0.3) is 5.91 Å². The van der Waals surface area contributed by atoms with Gasteiger partial charge >= 0.3 is 11.8 Å². The smallest absolute Gasteiger partial charge is 0.327 e. The predicted octanol–water partition coefficient (Wildman–Crippen LogP) is 1.55. The SMILES string of the molecule is CC(C)(Oc1ccc(Cl)cc1)C(=O)NNC(=O)C(=O)NCc1ccco1. The third-order valence-corrected chi connectivity index (χ3v) is 3.48. The molecule has 0 unspecified atom stereocenters. The van der Waals surface area contributed by atoms with Gasteiger partial charge in [-0.05, 0) is 50.2 Å². The number of hydrazine groups is 1. The summed E-state index contributed by atoms with van der Waals surface area (Å²) >= 11 is 5.79. The van der Waals surface area contributed by atoms with Crippen LogP contribution in [0.4, 0.5) is 0 Å². The average molecular weight is 380 g/mol. The van der Waals surface area contributed by atoms with E-state index in [0.29, 0.717) is 16.5 Å². The Morgan fingerprint density at radius 1 is 1.08 bits per heavy atom. The minimum atomic E-state index is -1.30. The van der Waals surface area contributed by atoms with Gasteiger partial charge in [-0.25, -0.2) is 0 Å². The molecule has 1 aromatic carbocycles. The minimum absolute atomic E-state index is 0.0539. The minimum Gasteiger partial charge on any atom is -0.478 e. The van der Waals surface area contributed by atoms with Gasteiger partial charge in [-0.15, -0.1) is 0 Å². The highest BCUT2D eigenvalue weighted by atomic mass is 35.5. The van der Waals surface area contributed by atoms with Crippen molar-refractivity contribution in [2.75, 3.05) is 0 Å². The number of hydrogen-bond acceptors (Lipinski definition) is 5. The first-order chi connectivity index (χ1) is 12.3. The normalized spacial score (nSPS) is 10.7. The van der Waals surface area contributed by atoms with Crippen LogP contribution in [0.1, 0.15) is 19.6 Å². The molecule has 3 N–H and O–H groups in total. The summed E-state index contributed by atoms with van der Waals surface area (Å²) < 4.78 is 10.6. The lowest BCUT2D eigenvalue weighted by Gasteiger charge is -2.25. The Hall–Kier alpha value is -3.00. The third kappa shape index (κ3) is 5.52. The fourth-order valence-corrected chi connectivity index (χ4v) is 1.95. The van der Waals surface area contributed by atoms with Crippen LogP contribution in [0.2, 0.25) is 5.02 Å². The van der Waals surface area contributed by atoms with Gasteiger partial charge in [0.05, 0.1) is 12.8 Å². The second-order valence-corrected chi connectivity index (χ2v) is 6.17. The van der Waals surface area contributed by atoms with Crippen molar-refractivity contribution in [1.82, 2.24) is 16.2 Å². The van der Waals surface area contributed by atoms with Crippen molar-refractivity contribution in [3.8, 4) is 5.75 Å². The van der Waals surface area contributed by atoms with E-state index < -0.39 is 23.3 Å². The molecule has 0 atom stereocenters. The lowest BCUT2D eigenvalue weighted by Crippen LogP contribution is -2.55. The molecule has 3 amide bonds. The standard InChI is InChI=1S/C17H18ClN3O5/c1-17(2,26-12-7-5-11(18)6-8-12)16(24)21-20-15(23)14(22)19-10-13-4-3-9-25-13/h3-9H,10H2,1-2H3,(H,19,22)(H,20,23)(H,21,24). The van der Waals surface area contributed by atoms with E-state index in [1.807, 2.05) is 5.43 Å². The Labute approximate surface area is 154 Å². The van der Waals surface area contributed by atoms with E-state index in [2.05, 4.69) is 10.7 Å². The van der Waals surface area contributed by atoms with Crippen molar-refractivity contribution < 1.29 is 23.5 Å². The van der Waals surface area contributed by atoms with Gasteiger partial charge < -0.3 is 14.5 Å². The number of carbonyl (C=O) groups is 3. The molecule has 0 fully saturated rings. The highest BCUT2D eigenvalue weighted by molar-refractivity contribution is 6.35. The van der Waals surface area contributed by atoms with E-state index >= 15 is 0 Å². The first kappa shape index (κ1) is 19.3. The number of ether oxygens (including phenoxy) is 1. The Bertz CT molecular complexity index is 772. The van der Waals surface area contributed by atoms with E-state index in [1.54, 1.807) is 36.4 Å². The van der Waals surface area contributed by atoms with Gasteiger partial charge in [-0.2, -0.15) is 0 Å². The number of rotatable bonds is 5. The number of furan rings is 1. The fraction of sp³-hybridized carbons (Fsp3) is 0.235. The zero-order chi connectivity index (χ0) is 19.2. The van der Waals surface area contributed by atoms with E-state index in [4.69, 9.17) is 20.8 Å². The molecule has 8 nitrogen and oxygen atoms in total. The molecule has 0 saturated carbocycles. The van der Waals surface area contributed by atoms with Crippen molar-refractivity contribution in [3.05, 3.63) is 53.4 Å². The number of amides is 3. The van der Waals surface area contributed by atoms with Crippen LogP contribution in [0, 0.1) is 0 Å². The van der Waals surface area contributed by atoms with Gasteiger partial charge in [0.2, 0.25) is 0 Å². The summed E-state index contributed by atoms with van der Waals surface area (Å²) in [6.45, 7) is 3.08. The van der Waals surface area contributed by atoms with E-state index in [1.165, 1.54) is 20.1 Å². The number of benzene rings is 1. The molecule has 0 radical (unpaired) electrons. The molecular weight excluding hydrogens is 362 g/mol. The van der Waals surface area contributed by atoms with Gasteiger partial charge in [0.15, 0.2) is 5.60 Å². The summed E-state index contributed by atoms with van der Waals surface area (Å²) in [5.74, 6) is -1.66. The third-order valence-electron chi connectivity index (χ3n) is 3.23. The van der Waals surface area contributed by atoms with Crippen LogP contribution in [-0.2, 0) is 20.9 Å². The summed E-state index contributed by atoms with van der Waals surface area (Å²) in [7, 11) is 0. The second-order valence-electron chi connectivity index (χ2n) is 5.74. The Morgan fingerprint density at radius 3 is 2.38 bits per heavy atom. The van der Waals surface area contributed by atoms with Gasteiger partial charge in [0.1, 0.15) is 11.5 Å². The number of halogens is 1. The van der Waals surface area contributed by atoms with Crippen molar-refractivity contribution in [2.45, 2.75) is 26.0 Å². The molecule has 0 bridgehead atoms. The van der Waals surface area contributed by atoms with E-state index in [-0.39, 0.29) is 6.54 Å². The summed E-state index contributed by atoms with van der Waals surface area (Å²) in [6.07, 6.45) is 1.45. The molecular formula is C17H18ClN3O5. The predicted molar refractivity (Wildman–Crippen MR) is 93.0 cm³/mol. The second kappa shape index (κ2) is 8.39. The van der Waals surface area contributed by atoms with Crippen molar-refractivity contribution in [1.29, 1.82) is 0 Å². The molecule has 9 heteroatoms. The fourth-order valence-electron chi connectivity index (χ4n) is 1.83. The van der Waals surface area contributed by atoms with Gasteiger partial charge in [-0.3, -0.25) is 25.2 Å². The zero-order valence-electron chi connectivity index (χ0n) is 14.2. The highest BCUT2D eigenvalue weighted by Gasteiger charge is 2.30. The van der Waals surface area contributed by atoms with Crippen molar-refractivity contribution >= 4 is 29.3 Å². The molecule has 26 heavy (non-hydrogen) atoms. The van der Waals surface area contributed by atoms with Crippen LogP contribution >= 0.6 is 11.6 Å². The van der Waals surface area contributed by atoms with E-state index in [9.17, 15) is 14.4 Å². The zero-order valence-corrected chi connectivity index (χ0v) is 14.9. The molecule has 138 valence electrons. The Morgan fingerprint density at radius 2 is 1.77 bits per heavy atom. The van der Waals surface area contributed by atoms with Crippen LogP contribution in [0.25, 0.3) is 0 Å². The summed E-state index contributed by atoms with van der Waals surface area (Å²) in [5.41, 5.74) is 2.89. The van der Waals surface area contributed by atoms with Crippen LogP contribution in [0.5, 0.6) is 5.75 Å². The average Bonchev–Trinajstić information content (AvgIpc) is 3.12. The van der Waals surface area contributed by atoms with Crippen molar-refractivity contribution in [2.24, 2.45) is 0 Å². The maximum atomic E-state index is 12.2. The number of hydrogen-bond donors (Lipinski definition) is 3.